The second-order valence-electron chi connectivity index (χ2n) is 4.11. The minimum Gasteiger partial charge on any atom is -0.299 e. The van der Waals surface area contributed by atoms with Crippen molar-refractivity contribution in [2.45, 2.75) is 26.1 Å². The predicted octanol–water partition coefficient (Wildman–Crippen LogP) is 4.31. The molecule has 5 heteroatoms. The molecular formula is C13H17BrF3N. The number of benzene rings is 1. The maximum Gasteiger partial charge on any atom is 0.416 e. The Labute approximate surface area is 114 Å². The largest absolute Gasteiger partial charge is 0.416 e. The SMILES string of the molecule is CCN(CCCBr)Cc1cccc(C(F)(F)F)c1. The normalized spacial score (nSPS) is 12.1. The van der Waals surface area contributed by atoms with Gasteiger partial charge in [-0.3, -0.25) is 4.90 Å². The van der Waals surface area contributed by atoms with Gasteiger partial charge in [-0.1, -0.05) is 41.1 Å². The highest BCUT2D eigenvalue weighted by molar-refractivity contribution is 9.09. The van der Waals surface area contributed by atoms with Crippen LogP contribution >= 0.6 is 15.9 Å². The molecule has 0 spiro atoms. The third-order valence-electron chi connectivity index (χ3n) is 2.72. The molecule has 0 amide bonds. The van der Waals surface area contributed by atoms with Crippen molar-refractivity contribution in [2.24, 2.45) is 0 Å². The van der Waals surface area contributed by atoms with Crippen LogP contribution in [0.3, 0.4) is 0 Å². The lowest BCUT2D eigenvalue weighted by atomic mass is 10.1. The van der Waals surface area contributed by atoms with E-state index in [2.05, 4.69) is 20.8 Å². The highest BCUT2D eigenvalue weighted by atomic mass is 79.9. The molecule has 0 radical (unpaired) electrons. The van der Waals surface area contributed by atoms with E-state index in [1.807, 2.05) is 6.92 Å². The van der Waals surface area contributed by atoms with Crippen molar-refractivity contribution in [2.75, 3.05) is 18.4 Å². The first kappa shape index (κ1) is 15.5. The molecular weight excluding hydrogens is 307 g/mol. The summed E-state index contributed by atoms with van der Waals surface area (Å²) in [6.07, 6.45) is -3.27. The molecule has 1 aromatic rings. The molecule has 18 heavy (non-hydrogen) atoms. The van der Waals surface area contributed by atoms with E-state index < -0.39 is 11.7 Å². The van der Waals surface area contributed by atoms with Crippen molar-refractivity contribution in [1.82, 2.24) is 4.90 Å². The second-order valence-corrected chi connectivity index (χ2v) is 4.90. The predicted molar refractivity (Wildman–Crippen MR) is 70.8 cm³/mol. The third-order valence-corrected chi connectivity index (χ3v) is 3.28. The molecule has 0 atom stereocenters. The second kappa shape index (κ2) is 7.14. The summed E-state index contributed by atoms with van der Waals surface area (Å²) in [5, 5.41) is 0.909. The summed E-state index contributed by atoms with van der Waals surface area (Å²) in [6.45, 7) is 4.30. The first-order valence-corrected chi connectivity index (χ1v) is 7.04. The van der Waals surface area contributed by atoms with Gasteiger partial charge in [-0.2, -0.15) is 13.2 Å². The Morgan fingerprint density at radius 3 is 2.56 bits per heavy atom. The van der Waals surface area contributed by atoms with Crippen LogP contribution in [0.4, 0.5) is 13.2 Å². The van der Waals surface area contributed by atoms with Crippen molar-refractivity contribution in [1.29, 1.82) is 0 Å². The van der Waals surface area contributed by atoms with Crippen LogP contribution in [0.25, 0.3) is 0 Å². The molecule has 0 bridgehead atoms. The Kier molecular flexibility index (Phi) is 6.15. The zero-order chi connectivity index (χ0) is 13.6. The smallest absolute Gasteiger partial charge is 0.299 e. The van der Waals surface area contributed by atoms with Crippen LogP contribution in [0, 0.1) is 0 Å². The van der Waals surface area contributed by atoms with Crippen LogP contribution in [0.2, 0.25) is 0 Å². The van der Waals surface area contributed by atoms with E-state index in [1.54, 1.807) is 6.07 Å². The van der Waals surface area contributed by atoms with Gasteiger partial charge in [-0.15, -0.1) is 0 Å². The summed E-state index contributed by atoms with van der Waals surface area (Å²) in [4.78, 5) is 2.14. The lowest BCUT2D eigenvalue weighted by Gasteiger charge is -2.20. The first-order chi connectivity index (χ1) is 8.47. The fourth-order valence-electron chi connectivity index (χ4n) is 1.74. The van der Waals surface area contributed by atoms with Crippen LogP contribution in [-0.4, -0.2) is 23.3 Å². The summed E-state index contributed by atoms with van der Waals surface area (Å²) in [5.41, 5.74) is 0.137. The van der Waals surface area contributed by atoms with E-state index in [9.17, 15) is 13.2 Å². The average Bonchev–Trinajstić information content (AvgIpc) is 2.33. The van der Waals surface area contributed by atoms with Crippen molar-refractivity contribution in [3.8, 4) is 0 Å². The number of nitrogens with zero attached hydrogens (tertiary/aromatic N) is 1. The quantitative estimate of drug-likeness (QED) is 0.705. The van der Waals surface area contributed by atoms with Crippen LogP contribution in [-0.2, 0) is 12.7 Å². The Morgan fingerprint density at radius 2 is 2.00 bits per heavy atom. The van der Waals surface area contributed by atoms with Crippen LogP contribution in [0.15, 0.2) is 24.3 Å². The van der Waals surface area contributed by atoms with Gasteiger partial charge >= 0.3 is 6.18 Å². The summed E-state index contributed by atoms with van der Waals surface area (Å²) >= 11 is 3.35. The van der Waals surface area contributed by atoms with Gasteiger partial charge < -0.3 is 0 Å². The minimum absolute atomic E-state index is 0.563. The van der Waals surface area contributed by atoms with E-state index in [0.29, 0.717) is 12.1 Å². The molecule has 1 rings (SSSR count). The van der Waals surface area contributed by atoms with Gasteiger partial charge in [0.05, 0.1) is 5.56 Å². The van der Waals surface area contributed by atoms with E-state index in [4.69, 9.17) is 0 Å². The Balaban J connectivity index is 2.71. The molecule has 0 aromatic heterocycles. The fraction of sp³-hybridized carbons (Fsp3) is 0.538. The number of rotatable bonds is 6. The number of hydrogen-bond donors (Lipinski definition) is 0. The summed E-state index contributed by atoms with van der Waals surface area (Å²) in [7, 11) is 0. The van der Waals surface area contributed by atoms with Crippen molar-refractivity contribution < 1.29 is 13.2 Å². The van der Waals surface area contributed by atoms with Crippen molar-refractivity contribution in [3.63, 3.8) is 0 Å². The molecule has 0 N–H and O–H groups in total. The molecule has 0 heterocycles. The Hall–Kier alpha value is -0.550. The molecule has 0 unspecified atom stereocenters. The monoisotopic (exact) mass is 323 g/mol. The average molecular weight is 324 g/mol. The van der Waals surface area contributed by atoms with Gasteiger partial charge in [-0.05, 0) is 31.1 Å². The summed E-state index contributed by atoms with van der Waals surface area (Å²) in [6, 6.07) is 5.55. The lowest BCUT2D eigenvalue weighted by Crippen LogP contribution is -2.24. The van der Waals surface area contributed by atoms with Crippen LogP contribution < -0.4 is 0 Å². The third kappa shape index (κ3) is 4.98. The van der Waals surface area contributed by atoms with Gasteiger partial charge in [0.1, 0.15) is 0 Å². The van der Waals surface area contributed by atoms with Crippen molar-refractivity contribution >= 4 is 15.9 Å². The maximum absolute atomic E-state index is 12.6. The Morgan fingerprint density at radius 1 is 1.28 bits per heavy atom. The molecule has 1 nitrogen and oxygen atoms in total. The van der Waals surface area contributed by atoms with Crippen LogP contribution in [0.1, 0.15) is 24.5 Å². The first-order valence-electron chi connectivity index (χ1n) is 5.91. The zero-order valence-electron chi connectivity index (χ0n) is 10.3. The fourth-order valence-corrected chi connectivity index (χ4v) is 1.99. The summed E-state index contributed by atoms with van der Waals surface area (Å²) in [5.74, 6) is 0. The van der Waals surface area contributed by atoms with Gasteiger partial charge in [0.2, 0.25) is 0 Å². The molecule has 0 saturated carbocycles. The van der Waals surface area contributed by atoms with E-state index in [-0.39, 0.29) is 0 Å². The molecule has 102 valence electrons. The van der Waals surface area contributed by atoms with Crippen molar-refractivity contribution in [3.05, 3.63) is 35.4 Å². The number of halogens is 4. The molecule has 0 fully saturated rings. The van der Waals surface area contributed by atoms with Gasteiger partial charge in [0, 0.05) is 11.9 Å². The standard InChI is InChI=1S/C13H17BrF3N/c1-2-18(8-4-7-14)10-11-5-3-6-12(9-11)13(15,16)17/h3,5-6,9H,2,4,7-8,10H2,1H3. The summed E-state index contributed by atoms with van der Waals surface area (Å²) < 4.78 is 37.7. The molecule has 0 aliphatic heterocycles. The molecule has 0 aliphatic rings. The molecule has 1 aromatic carbocycles. The lowest BCUT2D eigenvalue weighted by molar-refractivity contribution is -0.137. The highest BCUT2D eigenvalue weighted by Gasteiger charge is 2.30. The van der Waals surface area contributed by atoms with Crippen LogP contribution in [0.5, 0.6) is 0 Å². The van der Waals surface area contributed by atoms with Gasteiger partial charge in [0.15, 0.2) is 0 Å². The molecule has 0 aliphatic carbocycles. The maximum atomic E-state index is 12.6. The Bertz CT molecular complexity index is 365. The zero-order valence-corrected chi connectivity index (χ0v) is 11.9. The van der Waals surface area contributed by atoms with Gasteiger partial charge in [-0.25, -0.2) is 0 Å². The van der Waals surface area contributed by atoms with Gasteiger partial charge in [0.25, 0.3) is 0 Å². The van der Waals surface area contributed by atoms with E-state index >= 15 is 0 Å². The molecule has 0 saturated heterocycles. The van der Waals surface area contributed by atoms with E-state index in [0.717, 1.165) is 30.9 Å². The highest BCUT2D eigenvalue weighted by Crippen LogP contribution is 2.29. The topological polar surface area (TPSA) is 3.24 Å². The number of alkyl halides is 4. The minimum atomic E-state index is -4.26. The number of hydrogen-bond acceptors (Lipinski definition) is 1. The van der Waals surface area contributed by atoms with E-state index in [1.165, 1.54) is 12.1 Å².